The van der Waals surface area contributed by atoms with Crippen LogP contribution in [-0.4, -0.2) is 81.0 Å². The second-order valence-electron chi connectivity index (χ2n) is 10.2. The summed E-state index contributed by atoms with van der Waals surface area (Å²) in [7, 11) is 0. The normalized spacial score (nSPS) is 21.0. The van der Waals surface area contributed by atoms with Crippen LogP contribution in [0.4, 0.5) is 18.0 Å². The van der Waals surface area contributed by atoms with Crippen molar-refractivity contribution in [1.29, 1.82) is 0 Å². The second-order valence-corrected chi connectivity index (χ2v) is 11.7. The van der Waals surface area contributed by atoms with E-state index in [4.69, 9.17) is 11.6 Å². The molecule has 0 spiro atoms. The number of aromatic nitrogens is 2. The number of alkyl halides is 3. The summed E-state index contributed by atoms with van der Waals surface area (Å²) >= 11 is 7.82. The van der Waals surface area contributed by atoms with Gasteiger partial charge in [0.05, 0.1) is 22.5 Å². The number of aryl methyl sites for hydroxylation is 1. The minimum absolute atomic E-state index is 0.135. The van der Waals surface area contributed by atoms with E-state index in [1.807, 2.05) is 19.1 Å². The molecule has 8 nitrogen and oxygen atoms in total. The monoisotopic (exact) mass is 580 g/mol. The Morgan fingerprint density at radius 2 is 1.82 bits per heavy atom. The van der Waals surface area contributed by atoms with Crippen molar-refractivity contribution in [2.24, 2.45) is 0 Å². The minimum Gasteiger partial charge on any atom is -0.314 e. The Balaban J connectivity index is 1.48. The topological polar surface area (TPSA) is 81.7 Å². The molecule has 2 fully saturated rings. The van der Waals surface area contributed by atoms with Gasteiger partial charge in [0.15, 0.2) is 0 Å². The lowest BCUT2D eigenvalue weighted by molar-refractivity contribution is -0.139. The number of thiophene rings is 1. The van der Waals surface area contributed by atoms with E-state index < -0.39 is 31.2 Å². The fourth-order valence-electron chi connectivity index (χ4n) is 5.28. The molecule has 2 aromatic heterocycles. The van der Waals surface area contributed by atoms with Gasteiger partial charge in [0.1, 0.15) is 19.4 Å². The Hall–Kier alpha value is -2.80. The Bertz CT molecular complexity index is 1420. The predicted octanol–water partition coefficient (Wildman–Crippen LogP) is 4.83. The summed E-state index contributed by atoms with van der Waals surface area (Å²) in [5.74, 6) is -0.667. The van der Waals surface area contributed by atoms with E-state index in [1.165, 1.54) is 17.7 Å². The van der Waals surface area contributed by atoms with Crippen LogP contribution in [0.5, 0.6) is 0 Å². The highest BCUT2D eigenvalue weighted by molar-refractivity contribution is 7.19. The van der Waals surface area contributed by atoms with Crippen LogP contribution in [0.2, 0.25) is 5.02 Å². The Kier molecular flexibility index (Phi) is 7.57. The zero-order valence-corrected chi connectivity index (χ0v) is 23.3. The van der Waals surface area contributed by atoms with Crippen LogP contribution >= 0.6 is 22.9 Å². The van der Waals surface area contributed by atoms with Crippen molar-refractivity contribution in [3.8, 4) is 11.3 Å². The zero-order chi connectivity index (χ0) is 28.1. The Morgan fingerprint density at radius 1 is 1.10 bits per heavy atom. The van der Waals surface area contributed by atoms with Gasteiger partial charge in [-0.05, 0) is 50.1 Å². The third-order valence-corrected chi connectivity index (χ3v) is 8.55. The molecule has 2 aliphatic heterocycles. The lowest BCUT2D eigenvalue weighted by atomic mass is 9.96. The summed E-state index contributed by atoms with van der Waals surface area (Å²) < 4.78 is 39.3. The number of piperazine rings is 1. The summed E-state index contributed by atoms with van der Waals surface area (Å²) in [6, 6.07) is 5.30. The van der Waals surface area contributed by atoms with Crippen molar-refractivity contribution in [1.82, 2.24) is 30.0 Å². The van der Waals surface area contributed by atoms with Crippen molar-refractivity contribution >= 4 is 45.1 Å². The van der Waals surface area contributed by atoms with Gasteiger partial charge in [-0.2, -0.15) is 13.2 Å². The molecular weight excluding hydrogens is 553 g/mol. The number of fused-ring (bicyclic) bond motifs is 1. The minimum atomic E-state index is -4.58. The number of benzene rings is 1. The summed E-state index contributed by atoms with van der Waals surface area (Å²) in [6.07, 6.45) is -3.12. The standard InChI is InChI=1S/C26H28ClF3N6O2S/c1-14-4-17(27)5-19(20(14)10-35-15(2)7-31-8-16(35)3)23-24-21(32-13-33-23)6-18(39-24)9-36-22(37)11-34(25(36)38)12-26(28,29)30/h4-6,13,15-16,31H,7-12H2,1-3H3/t15-,16-/m0/s1. The number of rotatable bonds is 6. The maximum Gasteiger partial charge on any atom is 0.406 e. The summed E-state index contributed by atoms with van der Waals surface area (Å²) in [6.45, 7) is 6.72. The molecule has 1 aromatic carbocycles. The number of carbonyl (C=O) groups excluding carboxylic acids is 2. The molecule has 3 aromatic rings. The molecule has 0 radical (unpaired) electrons. The molecule has 13 heteroatoms. The molecule has 4 heterocycles. The number of hydrogen-bond acceptors (Lipinski definition) is 7. The fraction of sp³-hybridized carbons (Fsp3) is 0.462. The Labute approximate surface area is 232 Å². The van der Waals surface area contributed by atoms with E-state index in [1.54, 1.807) is 6.07 Å². The van der Waals surface area contributed by atoms with Gasteiger partial charge in [-0.3, -0.25) is 14.6 Å². The van der Waals surface area contributed by atoms with Gasteiger partial charge in [-0.1, -0.05) is 11.6 Å². The van der Waals surface area contributed by atoms with Crippen molar-refractivity contribution in [3.63, 3.8) is 0 Å². The number of halogens is 4. The first kappa shape index (κ1) is 27.8. The van der Waals surface area contributed by atoms with E-state index in [0.29, 0.717) is 44.6 Å². The fourth-order valence-corrected chi connectivity index (χ4v) is 6.65. The van der Waals surface area contributed by atoms with E-state index in [2.05, 4.69) is 34.0 Å². The SMILES string of the molecule is Cc1cc(Cl)cc(-c2ncnc3cc(CN4C(=O)CN(CC(F)(F)F)C4=O)sc23)c1CN1[C@@H](C)CNC[C@@H]1C. The first-order chi connectivity index (χ1) is 18.4. The first-order valence-electron chi connectivity index (χ1n) is 12.6. The molecule has 3 amide bonds. The van der Waals surface area contributed by atoms with Crippen molar-refractivity contribution in [3.05, 3.63) is 45.6 Å². The molecule has 2 atom stereocenters. The molecule has 2 aliphatic rings. The molecule has 0 aliphatic carbocycles. The van der Waals surface area contributed by atoms with E-state index in [0.717, 1.165) is 39.4 Å². The van der Waals surface area contributed by atoms with E-state index in [9.17, 15) is 22.8 Å². The van der Waals surface area contributed by atoms with Gasteiger partial charge >= 0.3 is 12.2 Å². The number of carbonyl (C=O) groups is 2. The van der Waals surface area contributed by atoms with Gasteiger partial charge in [-0.25, -0.2) is 14.8 Å². The van der Waals surface area contributed by atoms with Gasteiger partial charge in [0, 0.05) is 47.2 Å². The summed E-state index contributed by atoms with van der Waals surface area (Å²) in [5, 5.41) is 4.03. The maximum absolute atomic E-state index is 12.8. The summed E-state index contributed by atoms with van der Waals surface area (Å²) in [5.41, 5.74) is 4.33. The van der Waals surface area contributed by atoms with Crippen LogP contribution in [-0.2, 0) is 17.9 Å². The van der Waals surface area contributed by atoms with Crippen molar-refractivity contribution < 1.29 is 22.8 Å². The zero-order valence-electron chi connectivity index (χ0n) is 21.7. The van der Waals surface area contributed by atoms with Gasteiger partial charge in [-0.15, -0.1) is 11.3 Å². The van der Waals surface area contributed by atoms with Gasteiger partial charge in [0.25, 0.3) is 5.91 Å². The molecule has 0 bridgehead atoms. The molecule has 208 valence electrons. The third kappa shape index (κ3) is 5.74. The van der Waals surface area contributed by atoms with E-state index >= 15 is 0 Å². The van der Waals surface area contributed by atoms with Crippen LogP contribution in [0, 0.1) is 6.92 Å². The molecule has 0 saturated carbocycles. The number of nitrogens with one attached hydrogen (secondary N) is 1. The van der Waals surface area contributed by atoms with E-state index in [-0.39, 0.29) is 6.54 Å². The highest BCUT2D eigenvalue weighted by atomic mass is 35.5. The third-order valence-electron chi connectivity index (χ3n) is 7.22. The molecule has 5 rings (SSSR count). The van der Waals surface area contributed by atoms with Crippen molar-refractivity contribution in [2.45, 2.75) is 52.1 Å². The van der Waals surface area contributed by atoms with Crippen LogP contribution in [0.15, 0.2) is 24.5 Å². The number of nitrogens with zero attached hydrogens (tertiary/aromatic N) is 5. The van der Waals surface area contributed by atoms with Crippen molar-refractivity contribution in [2.75, 3.05) is 26.2 Å². The molecule has 2 saturated heterocycles. The highest BCUT2D eigenvalue weighted by Crippen LogP contribution is 2.38. The summed E-state index contributed by atoms with van der Waals surface area (Å²) in [4.78, 5) is 38.4. The average molecular weight is 581 g/mol. The van der Waals surface area contributed by atoms with Gasteiger partial charge < -0.3 is 10.2 Å². The smallest absolute Gasteiger partial charge is 0.314 e. The maximum atomic E-state index is 12.8. The molecule has 1 N–H and O–H groups in total. The van der Waals surface area contributed by atoms with Crippen LogP contribution in [0.1, 0.15) is 29.9 Å². The highest BCUT2D eigenvalue weighted by Gasteiger charge is 2.42. The molecule has 0 unspecified atom stereocenters. The Morgan fingerprint density at radius 3 is 2.51 bits per heavy atom. The predicted molar refractivity (Wildman–Crippen MR) is 144 cm³/mol. The molecule has 39 heavy (non-hydrogen) atoms. The van der Waals surface area contributed by atoms with Crippen LogP contribution < -0.4 is 5.32 Å². The number of urea groups is 1. The lowest BCUT2D eigenvalue weighted by Gasteiger charge is -2.40. The van der Waals surface area contributed by atoms with Crippen LogP contribution in [0.25, 0.3) is 21.5 Å². The number of hydrogen-bond donors (Lipinski definition) is 1. The van der Waals surface area contributed by atoms with Gasteiger partial charge in [0.2, 0.25) is 0 Å². The first-order valence-corrected chi connectivity index (χ1v) is 13.8. The average Bonchev–Trinajstić information content (AvgIpc) is 3.37. The molecular formula is C26H28ClF3N6O2S. The van der Waals surface area contributed by atoms with Crippen LogP contribution in [0.3, 0.4) is 0 Å². The largest absolute Gasteiger partial charge is 0.406 e. The lowest BCUT2D eigenvalue weighted by Crippen LogP contribution is -2.54. The number of amides is 3. The quantitative estimate of drug-likeness (QED) is 0.421. The second kappa shape index (κ2) is 10.6. The number of imide groups is 1.